The Labute approximate surface area is 106 Å². The van der Waals surface area contributed by atoms with E-state index in [9.17, 15) is 4.79 Å². The van der Waals surface area contributed by atoms with Crippen LogP contribution in [0.2, 0.25) is 0 Å². The Hall–Kier alpha value is -2.30. The van der Waals surface area contributed by atoms with Gasteiger partial charge in [0.15, 0.2) is 0 Å². The van der Waals surface area contributed by atoms with E-state index in [0.717, 1.165) is 16.6 Å². The van der Waals surface area contributed by atoms with E-state index in [0.29, 0.717) is 5.69 Å². The molecule has 0 fully saturated rings. The first-order valence-corrected chi connectivity index (χ1v) is 5.67. The molecule has 5 heteroatoms. The number of nitrogens with one attached hydrogen (secondary N) is 1. The van der Waals surface area contributed by atoms with Crippen LogP contribution < -0.4 is 11.1 Å². The standard InChI is InChI=1S/C13H16N4O/c1-17(2)12(18)8-16-11-6-5-10(14)9-4-3-7-15-13(9)11/h3-7,16H,8,14H2,1-2H3. The summed E-state index contributed by atoms with van der Waals surface area (Å²) in [6.07, 6.45) is 1.71. The Morgan fingerprint density at radius 3 is 2.89 bits per heavy atom. The average Bonchev–Trinajstić information content (AvgIpc) is 2.38. The van der Waals surface area contributed by atoms with Crippen LogP contribution >= 0.6 is 0 Å². The number of carbonyl (C=O) groups is 1. The van der Waals surface area contributed by atoms with E-state index >= 15 is 0 Å². The zero-order valence-corrected chi connectivity index (χ0v) is 10.5. The van der Waals surface area contributed by atoms with E-state index in [1.807, 2.05) is 24.3 Å². The number of hydrogen-bond donors (Lipinski definition) is 2. The number of nitrogens with zero attached hydrogens (tertiary/aromatic N) is 2. The molecule has 1 aromatic heterocycles. The molecule has 18 heavy (non-hydrogen) atoms. The molecule has 1 heterocycles. The molecule has 0 saturated carbocycles. The molecule has 0 bridgehead atoms. The molecule has 0 aliphatic carbocycles. The van der Waals surface area contributed by atoms with Crippen molar-refractivity contribution in [3.8, 4) is 0 Å². The maximum Gasteiger partial charge on any atom is 0.241 e. The molecule has 1 amide bonds. The zero-order chi connectivity index (χ0) is 13.1. The molecular formula is C13H16N4O. The van der Waals surface area contributed by atoms with Gasteiger partial charge in [0.05, 0.1) is 17.7 Å². The first-order valence-electron chi connectivity index (χ1n) is 5.67. The van der Waals surface area contributed by atoms with Crippen LogP contribution in [0.25, 0.3) is 10.9 Å². The summed E-state index contributed by atoms with van der Waals surface area (Å²) in [6.45, 7) is 0.239. The third-order valence-electron chi connectivity index (χ3n) is 2.73. The van der Waals surface area contributed by atoms with Gasteiger partial charge in [0.2, 0.25) is 5.91 Å². The summed E-state index contributed by atoms with van der Waals surface area (Å²) in [5, 5.41) is 3.98. The normalized spacial score (nSPS) is 10.3. The number of benzene rings is 1. The molecule has 94 valence electrons. The second-order valence-electron chi connectivity index (χ2n) is 4.24. The van der Waals surface area contributed by atoms with Crippen LogP contribution in [0.3, 0.4) is 0 Å². The van der Waals surface area contributed by atoms with Crippen molar-refractivity contribution in [1.29, 1.82) is 0 Å². The lowest BCUT2D eigenvalue weighted by Gasteiger charge is -2.13. The summed E-state index contributed by atoms with van der Waals surface area (Å²) >= 11 is 0. The highest BCUT2D eigenvalue weighted by Crippen LogP contribution is 2.25. The molecule has 0 unspecified atom stereocenters. The van der Waals surface area contributed by atoms with E-state index in [4.69, 9.17) is 5.73 Å². The zero-order valence-electron chi connectivity index (χ0n) is 10.5. The minimum absolute atomic E-state index is 0.0101. The second kappa shape index (κ2) is 4.91. The second-order valence-corrected chi connectivity index (χ2v) is 4.24. The minimum atomic E-state index is 0.0101. The average molecular weight is 244 g/mol. The number of nitrogens with two attached hydrogens (primary N) is 1. The fourth-order valence-electron chi connectivity index (χ4n) is 1.67. The van der Waals surface area contributed by atoms with Crippen LogP contribution in [-0.4, -0.2) is 36.4 Å². The number of amides is 1. The van der Waals surface area contributed by atoms with Crippen LogP contribution in [0.5, 0.6) is 0 Å². The highest BCUT2D eigenvalue weighted by atomic mass is 16.2. The Morgan fingerprint density at radius 2 is 2.17 bits per heavy atom. The third-order valence-corrected chi connectivity index (χ3v) is 2.73. The number of pyridine rings is 1. The van der Waals surface area contributed by atoms with Crippen molar-refractivity contribution in [3.63, 3.8) is 0 Å². The molecule has 0 radical (unpaired) electrons. The first kappa shape index (κ1) is 12.2. The van der Waals surface area contributed by atoms with E-state index in [2.05, 4.69) is 10.3 Å². The van der Waals surface area contributed by atoms with Gasteiger partial charge in [-0.3, -0.25) is 9.78 Å². The van der Waals surface area contributed by atoms with E-state index in [-0.39, 0.29) is 12.5 Å². The highest BCUT2D eigenvalue weighted by molar-refractivity contribution is 5.99. The number of likely N-dealkylation sites (N-methyl/N-ethyl adjacent to an activating group) is 1. The van der Waals surface area contributed by atoms with Crippen LogP contribution in [0, 0.1) is 0 Å². The molecule has 0 atom stereocenters. The molecule has 2 rings (SSSR count). The van der Waals surface area contributed by atoms with Gasteiger partial charge in [-0.05, 0) is 24.3 Å². The number of fused-ring (bicyclic) bond motifs is 1. The quantitative estimate of drug-likeness (QED) is 0.799. The predicted molar refractivity (Wildman–Crippen MR) is 73.3 cm³/mol. The van der Waals surface area contributed by atoms with Crippen molar-refractivity contribution in [1.82, 2.24) is 9.88 Å². The highest BCUT2D eigenvalue weighted by Gasteiger charge is 2.07. The maximum atomic E-state index is 11.5. The molecule has 0 saturated heterocycles. The van der Waals surface area contributed by atoms with Crippen molar-refractivity contribution in [2.45, 2.75) is 0 Å². The Morgan fingerprint density at radius 1 is 1.39 bits per heavy atom. The van der Waals surface area contributed by atoms with Crippen molar-refractivity contribution in [2.24, 2.45) is 0 Å². The predicted octanol–water partition coefficient (Wildman–Crippen LogP) is 1.32. The summed E-state index contributed by atoms with van der Waals surface area (Å²) in [5.41, 5.74) is 8.17. The molecule has 3 N–H and O–H groups in total. The summed E-state index contributed by atoms with van der Waals surface area (Å²) in [6, 6.07) is 7.41. The molecule has 0 aliphatic rings. The first-order chi connectivity index (χ1) is 8.59. The van der Waals surface area contributed by atoms with Crippen LogP contribution in [0.1, 0.15) is 0 Å². The fraction of sp³-hybridized carbons (Fsp3) is 0.231. The van der Waals surface area contributed by atoms with Crippen molar-refractivity contribution in [2.75, 3.05) is 31.7 Å². The number of rotatable bonds is 3. The summed E-state index contributed by atoms with van der Waals surface area (Å²) in [4.78, 5) is 17.4. The van der Waals surface area contributed by atoms with E-state index < -0.39 is 0 Å². The number of carbonyl (C=O) groups excluding carboxylic acids is 1. The smallest absolute Gasteiger partial charge is 0.241 e. The molecule has 5 nitrogen and oxygen atoms in total. The van der Waals surface area contributed by atoms with Gasteiger partial charge in [-0.1, -0.05) is 0 Å². The molecule has 2 aromatic rings. The number of aromatic nitrogens is 1. The summed E-state index contributed by atoms with van der Waals surface area (Å²) < 4.78 is 0. The number of anilines is 2. The molecule has 1 aromatic carbocycles. The van der Waals surface area contributed by atoms with Crippen molar-refractivity contribution < 1.29 is 4.79 Å². The Balaban J connectivity index is 2.29. The van der Waals surface area contributed by atoms with Crippen molar-refractivity contribution in [3.05, 3.63) is 30.5 Å². The SMILES string of the molecule is CN(C)C(=O)CNc1ccc(N)c2cccnc12. The van der Waals surface area contributed by atoms with Gasteiger partial charge in [-0.25, -0.2) is 0 Å². The van der Waals surface area contributed by atoms with Crippen molar-refractivity contribution >= 4 is 28.2 Å². The van der Waals surface area contributed by atoms with Crippen LogP contribution in [-0.2, 0) is 4.79 Å². The van der Waals surface area contributed by atoms with Gasteiger partial charge in [0.25, 0.3) is 0 Å². The monoisotopic (exact) mass is 244 g/mol. The topological polar surface area (TPSA) is 71.2 Å². The summed E-state index contributed by atoms with van der Waals surface area (Å²) in [7, 11) is 3.45. The van der Waals surface area contributed by atoms with Gasteiger partial charge in [-0.15, -0.1) is 0 Å². The lowest BCUT2D eigenvalue weighted by molar-refractivity contribution is -0.126. The molecule has 0 aliphatic heterocycles. The van der Waals surface area contributed by atoms with Gasteiger partial charge in [0, 0.05) is 31.4 Å². The Bertz CT molecular complexity index is 580. The lowest BCUT2D eigenvalue weighted by Crippen LogP contribution is -2.28. The van der Waals surface area contributed by atoms with Crippen LogP contribution in [0.4, 0.5) is 11.4 Å². The van der Waals surface area contributed by atoms with E-state index in [1.165, 1.54) is 0 Å². The Kier molecular flexibility index (Phi) is 3.32. The van der Waals surface area contributed by atoms with Gasteiger partial charge < -0.3 is 16.0 Å². The van der Waals surface area contributed by atoms with Gasteiger partial charge in [-0.2, -0.15) is 0 Å². The minimum Gasteiger partial charge on any atom is -0.398 e. The summed E-state index contributed by atoms with van der Waals surface area (Å²) in [5.74, 6) is 0.0101. The van der Waals surface area contributed by atoms with Gasteiger partial charge in [0.1, 0.15) is 0 Å². The van der Waals surface area contributed by atoms with Crippen LogP contribution in [0.15, 0.2) is 30.5 Å². The lowest BCUT2D eigenvalue weighted by atomic mass is 10.1. The molecule has 0 spiro atoms. The van der Waals surface area contributed by atoms with E-state index in [1.54, 1.807) is 25.2 Å². The maximum absolute atomic E-state index is 11.5. The third kappa shape index (κ3) is 2.34. The fourth-order valence-corrected chi connectivity index (χ4v) is 1.67. The molecular weight excluding hydrogens is 228 g/mol. The number of nitrogen functional groups attached to an aromatic ring is 1. The van der Waals surface area contributed by atoms with Gasteiger partial charge >= 0.3 is 0 Å². The largest absolute Gasteiger partial charge is 0.398 e. The number of hydrogen-bond acceptors (Lipinski definition) is 4.